The average molecular weight is 361 g/mol. The Balaban J connectivity index is 2.38. The SMILES string of the molecule is C=C(C)C(=O)N(N=Nc1ccc(S(=O)(=O)O)c(O)c1)c1ccccc1. The van der Waals surface area contributed by atoms with E-state index in [1.807, 2.05) is 0 Å². The first-order valence-electron chi connectivity index (χ1n) is 6.97. The monoisotopic (exact) mass is 361 g/mol. The van der Waals surface area contributed by atoms with Crippen molar-refractivity contribution in [1.82, 2.24) is 0 Å². The van der Waals surface area contributed by atoms with Crippen molar-refractivity contribution in [3.05, 3.63) is 60.7 Å². The number of aromatic hydroxyl groups is 1. The summed E-state index contributed by atoms with van der Waals surface area (Å²) < 4.78 is 31.1. The number of carbonyl (C=O) groups excluding carboxylic acids is 1. The summed E-state index contributed by atoms with van der Waals surface area (Å²) in [5, 5.41) is 18.4. The van der Waals surface area contributed by atoms with Gasteiger partial charge >= 0.3 is 0 Å². The minimum atomic E-state index is -4.55. The summed E-state index contributed by atoms with van der Waals surface area (Å²) in [5.41, 5.74) is 0.783. The zero-order valence-corrected chi connectivity index (χ0v) is 14.0. The summed E-state index contributed by atoms with van der Waals surface area (Å²) in [4.78, 5) is 11.6. The second kappa shape index (κ2) is 7.24. The molecule has 0 aromatic heterocycles. The number of nitrogens with zero attached hydrogens (tertiary/aromatic N) is 3. The maximum atomic E-state index is 12.2. The largest absolute Gasteiger partial charge is 0.506 e. The third-order valence-corrected chi connectivity index (χ3v) is 3.93. The van der Waals surface area contributed by atoms with Crippen LogP contribution < -0.4 is 5.01 Å². The van der Waals surface area contributed by atoms with Gasteiger partial charge < -0.3 is 5.11 Å². The summed E-state index contributed by atoms with van der Waals surface area (Å²) >= 11 is 0. The fraction of sp³-hybridized carbons (Fsp3) is 0.0625. The Morgan fingerprint density at radius 3 is 2.32 bits per heavy atom. The van der Waals surface area contributed by atoms with Crippen molar-refractivity contribution in [2.24, 2.45) is 10.3 Å². The van der Waals surface area contributed by atoms with E-state index in [1.54, 1.807) is 30.3 Å². The van der Waals surface area contributed by atoms with Crippen LogP contribution in [0, 0.1) is 0 Å². The van der Waals surface area contributed by atoms with E-state index >= 15 is 0 Å². The Morgan fingerprint density at radius 1 is 1.16 bits per heavy atom. The van der Waals surface area contributed by atoms with E-state index in [2.05, 4.69) is 16.9 Å². The molecule has 1 amide bonds. The third-order valence-electron chi connectivity index (χ3n) is 3.03. The Labute approximate surface area is 144 Å². The van der Waals surface area contributed by atoms with Crippen LogP contribution in [0.3, 0.4) is 0 Å². The molecule has 0 heterocycles. The van der Waals surface area contributed by atoms with Crippen LogP contribution in [0.1, 0.15) is 6.92 Å². The third kappa shape index (κ3) is 4.49. The molecule has 2 aromatic carbocycles. The van der Waals surface area contributed by atoms with E-state index in [-0.39, 0.29) is 11.3 Å². The van der Waals surface area contributed by atoms with E-state index in [4.69, 9.17) is 4.55 Å². The molecule has 9 heteroatoms. The van der Waals surface area contributed by atoms with Gasteiger partial charge in [-0.1, -0.05) is 30.0 Å². The van der Waals surface area contributed by atoms with Crippen LogP contribution in [0.15, 0.2) is 75.9 Å². The summed E-state index contributed by atoms with van der Waals surface area (Å²) in [5.74, 6) is -1.16. The molecule has 0 saturated carbocycles. The van der Waals surface area contributed by atoms with Crippen LogP contribution in [0.2, 0.25) is 0 Å². The molecule has 0 unspecified atom stereocenters. The van der Waals surface area contributed by atoms with Gasteiger partial charge in [0.05, 0.1) is 11.4 Å². The number of hydrogen-bond donors (Lipinski definition) is 2. The van der Waals surface area contributed by atoms with Crippen LogP contribution in [-0.2, 0) is 14.9 Å². The molecule has 8 nitrogen and oxygen atoms in total. The molecule has 0 radical (unpaired) electrons. The Hall–Kier alpha value is -3.04. The van der Waals surface area contributed by atoms with Crippen molar-refractivity contribution in [2.75, 3.05) is 5.01 Å². The second-order valence-corrected chi connectivity index (χ2v) is 6.44. The van der Waals surface area contributed by atoms with Crippen LogP contribution in [0.4, 0.5) is 11.4 Å². The van der Waals surface area contributed by atoms with Crippen LogP contribution >= 0.6 is 0 Å². The van der Waals surface area contributed by atoms with E-state index in [9.17, 15) is 18.3 Å². The quantitative estimate of drug-likeness (QED) is 0.367. The maximum Gasteiger partial charge on any atom is 0.298 e. The fourth-order valence-electron chi connectivity index (χ4n) is 1.84. The lowest BCUT2D eigenvalue weighted by molar-refractivity contribution is -0.115. The van der Waals surface area contributed by atoms with Gasteiger partial charge in [0.1, 0.15) is 10.6 Å². The number of amides is 1. The Kier molecular flexibility index (Phi) is 5.30. The molecule has 0 aliphatic heterocycles. The molecule has 0 fully saturated rings. The maximum absolute atomic E-state index is 12.2. The molecule has 0 saturated heterocycles. The zero-order valence-electron chi connectivity index (χ0n) is 13.2. The van der Waals surface area contributed by atoms with Crippen LogP contribution in [0.25, 0.3) is 0 Å². The first-order chi connectivity index (χ1) is 11.7. The highest BCUT2D eigenvalue weighted by molar-refractivity contribution is 7.86. The van der Waals surface area contributed by atoms with Gasteiger partial charge in [-0.25, -0.2) is 0 Å². The molecule has 0 bridgehead atoms. The van der Waals surface area contributed by atoms with E-state index in [0.29, 0.717) is 5.69 Å². The number of carbonyl (C=O) groups is 1. The number of anilines is 1. The summed E-state index contributed by atoms with van der Waals surface area (Å²) in [6.07, 6.45) is 0. The highest BCUT2D eigenvalue weighted by Gasteiger charge is 2.17. The highest BCUT2D eigenvalue weighted by atomic mass is 32.2. The normalized spacial score (nSPS) is 11.4. The van der Waals surface area contributed by atoms with Gasteiger partial charge in [0.15, 0.2) is 0 Å². The van der Waals surface area contributed by atoms with Crippen molar-refractivity contribution in [3.63, 3.8) is 0 Å². The number of phenols is 1. The number of phenolic OH excluding ortho intramolecular Hbond substituents is 1. The standard InChI is InChI=1S/C16H15N3O5S/c1-11(2)16(21)19(13-6-4-3-5-7-13)18-17-12-8-9-15(14(20)10-12)25(22,23)24/h3-10,20H,1H2,2H3,(H,22,23,24). The number of rotatable bonds is 5. The van der Waals surface area contributed by atoms with Crippen molar-refractivity contribution in [3.8, 4) is 5.75 Å². The van der Waals surface area contributed by atoms with Gasteiger partial charge in [-0.3, -0.25) is 9.35 Å². The molecule has 0 aliphatic rings. The first-order valence-corrected chi connectivity index (χ1v) is 8.41. The molecular formula is C16H15N3O5S. The minimum Gasteiger partial charge on any atom is -0.506 e. The topological polar surface area (TPSA) is 120 Å². The predicted molar refractivity (Wildman–Crippen MR) is 91.2 cm³/mol. The van der Waals surface area contributed by atoms with Crippen molar-refractivity contribution < 1.29 is 22.9 Å². The van der Waals surface area contributed by atoms with Crippen molar-refractivity contribution in [1.29, 1.82) is 0 Å². The smallest absolute Gasteiger partial charge is 0.298 e. The van der Waals surface area contributed by atoms with Gasteiger partial charge in [-0.15, -0.1) is 5.11 Å². The molecule has 2 N–H and O–H groups in total. The zero-order chi connectivity index (χ0) is 18.6. The van der Waals surface area contributed by atoms with Crippen molar-refractivity contribution in [2.45, 2.75) is 11.8 Å². The molecule has 25 heavy (non-hydrogen) atoms. The predicted octanol–water partition coefficient (Wildman–Crippen LogP) is 3.25. The molecule has 0 atom stereocenters. The summed E-state index contributed by atoms with van der Waals surface area (Å²) in [6.45, 7) is 5.11. The molecule has 130 valence electrons. The lowest BCUT2D eigenvalue weighted by atomic mass is 10.2. The van der Waals surface area contributed by atoms with Gasteiger partial charge in [0.25, 0.3) is 16.0 Å². The highest BCUT2D eigenvalue weighted by Crippen LogP contribution is 2.28. The molecule has 0 spiro atoms. The fourth-order valence-corrected chi connectivity index (χ4v) is 2.41. The summed E-state index contributed by atoms with van der Waals surface area (Å²) in [6, 6.07) is 11.7. The second-order valence-electron chi connectivity index (χ2n) is 5.05. The lowest BCUT2D eigenvalue weighted by Crippen LogP contribution is -2.25. The first kappa shape index (κ1) is 18.3. The number of benzene rings is 2. The number of para-hydroxylation sites is 1. The number of hydrogen-bond acceptors (Lipinski definition) is 6. The van der Waals surface area contributed by atoms with E-state index in [0.717, 1.165) is 17.1 Å². The van der Waals surface area contributed by atoms with Gasteiger partial charge in [0, 0.05) is 11.6 Å². The van der Waals surface area contributed by atoms with Crippen LogP contribution in [0.5, 0.6) is 5.75 Å². The molecule has 2 aromatic rings. The van der Waals surface area contributed by atoms with Gasteiger partial charge in [-0.05, 0) is 31.2 Å². The van der Waals surface area contributed by atoms with E-state index < -0.39 is 26.7 Å². The Bertz CT molecular complexity index is 939. The van der Waals surface area contributed by atoms with Crippen molar-refractivity contribution >= 4 is 27.4 Å². The van der Waals surface area contributed by atoms with E-state index in [1.165, 1.54) is 13.0 Å². The Morgan fingerprint density at radius 2 is 1.80 bits per heavy atom. The molecule has 2 rings (SSSR count). The molecular weight excluding hydrogens is 346 g/mol. The summed E-state index contributed by atoms with van der Waals surface area (Å²) in [7, 11) is -4.55. The van der Waals surface area contributed by atoms with Crippen LogP contribution in [-0.4, -0.2) is 24.0 Å². The van der Waals surface area contributed by atoms with Gasteiger partial charge in [0.2, 0.25) is 0 Å². The molecule has 0 aliphatic carbocycles. The minimum absolute atomic E-state index is 0.0837. The van der Waals surface area contributed by atoms with Gasteiger partial charge in [-0.2, -0.15) is 13.4 Å². The lowest BCUT2D eigenvalue weighted by Gasteiger charge is -2.15. The average Bonchev–Trinajstić information content (AvgIpc) is 2.54.